The van der Waals surface area contributed by atoms with E-state index in [9.17, 15) is 13.2 Å². The zero-order chi connectivity index (χ0) is 18.6. The Kier molecular flexibility index (Phi) is 3.93. The molecule has 2 aliphatic rings. The van der Waals surface area contributed by atoms with Crippen LogP contribution in [0.2, 0.25) is 0 Å². The van der Waals surface area contributed by atoms with Gasteiger partial charge in [0.05, 0.1) is 5.57 Å². The Morgan fingerprint density at radius 2 is 1.85 bits per heavy atom. The molecule has 0 amide bonds. The first-order valence-electron chi connectivity index (χ1n) is 8.02. The van der Waals surface area contributed by atoms with Crippen LogP contribution >= 0.6 is 34.4 Å². The molecule has 0 unspecified atom stereocenters. The third-order valence-corrected chi connectivity index (χ3v) is 7.30. The number of thiophene rings is 2. The number of nitrogens with zero attached hydrogens (tertiary/aromatic N) is 1. The summed E-state index contributed by atoms with van der Waals surface area (Å²) in [5, 5.41) is 6.61. The Hall–Kier alpha value is -2.09. The van der Waals surface area contributed by atoms with Gasteiger partial charge in [-0.15, -0.1) is 11.3 Å². The lowest BCUT2D eigenvalue weighted by atomic mass is 10.1. The number of rotatable bonds is 1. The highest BCUT2D eigenvalue weighted by molar-refractivity contribution is 8.22. The molecule has 0 N–H and O–H groups in total. The van der Waals surface area contributed by atoms with E-state index in [1.54, 1.807) is 17.5 Å². The van der Waals surface area contributed by atoms with Crippen molar-refractivity contribution < 1.29 is 13.2 Å². The SMILES string of the molecule is FC(F)(F)C1=CC2=CN=C(c3ccsc3)SC2=c2c(sc3ccccc23)=C1. The molecule has 1 aromatic carbocycles. The normalized spacial score (nSPS) is 16.7. The van der Waals surface area contributed by atoms with Crippen LogP contribution < -0.4 is 9.75 Å². The van der Waals surface area contributed by atoms with Crippen LogP contribution in [0.25, 0.3) is 21.1 Å². The Morgan fingerprint density at radius 1 is 1.00 bits per heavy atom. The summed E-state index contributed by atoms with van der Waals surface area (Å²) in [7, 11) is 0. The van der Waals surface area contributed by atoms with E-state index in [2.05, 4.69) is 4.99 Å². The van der Waals surface area contributed by atoms with Crippen LogP contribution in [0, 0.1) is 0 Å². The molecule has 0 saturated carbocycles. The zero-order valence-electron chi connectivity index (χ0n) is 13.6. The maximum atomic E-state index is 13.6. The van der Waals surface area contributed by atoms with E-state index in [0.717, 1.165) is 30.8 Å². The lowest BCUT2D eigenvalue weighted by molar-refractivity contribution is -0.0865. The van der Waals surface area contributed by atoms with Gasteiger partial charge in [0.2, 0.25) is 0 Å². The van der Waals surface area contributed by atoms with E-state index in [-0.39, 0.29) is 0 Å². The van der Waals surface area contributed by atoms with E-state index in [1.165, 1.54) is 35.3 Å². The average molecular weight is 418 g/mol. The van der Waals surface area contributed by atoms with Gasteiger partial charge in [0.25, 0.3) is 0 Å². The van der Waals surface area contributed by atoms with Crippen molar-refractivity contribution in [3.05, 3.63) is 79.8 Å². The number of benzene rings is 1. The van der Waals surface area contributed by atoms with Crippen molar-refractivity contribution >= 4 is 60.5 Å². The van der Waals surface area contributed by atoms with Crippen molar-refractivity contribution in [2.75, 3.05) is 0 Å². The van der Waals surface area contributed by atoms with Crippen LogP contribution in [0.4, 0.5) is 13.2 Å². The second kappa shape index (κ2) is 6.22. The molecule has 0 bridgehead atoms. The molecule has 1 aliphatic carbocycles. The van der Waals surface area contributed by atoms with Gasteiger partial charge in [0.1, 0.15) is 5.04 Å². The summed E-state index contributed by atoms with van der Waals surface area (Å²) in [5.41, 5.74) is 0.846. The molecule has 1 aliphatic heterocycles. The predicted octanol–water partition coefficient (Wildman–Crippen LogP) is 5.43. The first-order chi connectivity index (χ1) is 13.0. The fraction of sp³-hybridized carbons (Fsp3) is 0.0500. The van der Waals surface area contributed by atoms with Gasteiger partial charge in [0, 0.05) is 47.5 Å². The fourth-order valence-electron chi connectivity index (χ4n) is 3.10. The van der Waals surface area contributed by atoms with E-state index in [1.807, 2.05) is 41.1 Å². The van der Waals surface area contributed by atoms with Crippen LogP contribution in [0.15, 0.2) is 69.5 Å². The maximum Gasteiger partial charge on any atom is 0.416 e. The topological polar surface area (TPSA) is 12.4 Å². The van der Waals surface area contributed by atoms with Gasteiger partial charge >= 0.3 is 6.18 Å². The third kappa shape index (κ3) is 2.90. The molecule has 1 nitrogen and oxygen atoms in total. The van der Waals surface area contributed by atoms with Gasteiger partial charge in [-0.1, -0.05) is 30.0 Å². The zero-order valence-corrected chi connectivity index (χ0v) is 16.0. The van der Waals surface area contributed by atoms with Gasteiger partial charge in [-0.2, -0.15) is 24.5 Å². The highest BCUT2D eigenvalue weighted by atomic mass is 32.2. The number of halogens is 3. The Morgan fingerprint density at radius 3 is 2.63 bits per heavy atom. The minimum absolute atomic E-state index is 0.504. The molecule has 134 valence electrons. The summed E-state index contributed by atoms with van der Waals surface area (Å²) in [6.45, 7) is 0. The van der Waals surface area contributed by atoms with Crippen LogP contribution in [0.3, 0.4) is 0 Å². The molecule has 0 fully saturated rings. The van der Waals surface area contributed by atoms with Gasteiger partial charge < -0.3 is 0 Å². The van der Waals surface area contributed by atoms with Gasteiger partial charge in [-0.25, -0.2) is 4.99 Å². The number of alkyl halides is 3. The molecule has 3 aromatic rings. The summed E-state index contributed by atoms with van der Waals surface area (Å²) in [4.78, 5) is 5.26. The van der Waals surface area contributed by atoms with E-state index < -0.39 is 11.7 Å². The molecule has 0 saturated heterocycles. The second-order valence-electron chi connectivity index (χ2n) is 6.04. The molecular formula is C20H10F3NS3. The number of thioether (sulfide) groups is 1. The van der Waals surface area contributed by atoms with Crippen molar-refractivity contribution in [1.82, 2.24) is 0 Å². The van der Waals surface area contributed by atoms with E-state index in [4.69, 9.17) is 0 Å². The standard InChI is InChI=1S/C20H10F3NS3/c21-20(22,23)13-7-12-9-24-19(11-5-6-25-10-11)27-18(12)17-14-3-1-2-4-15(14)26-16(17)8-13/h1-10H. The molecule has 0 spiro atoms. The smallest absolute Gasteiger partial charge is 0.248 e. The highest BCUT2D eigenvalue weighted by Gasteiger charge is 2.34. The Labute approximate surface area is 164 Å². The maximum absolute atomic E-state index is 13.6. The summed E-state index contributed by atoms with van der Waals surface area (Å²) >= 11 is 4.40. The van der Waals surface area contributed by atoms with Crippen molar-refractivity contribution in [2.24, 2.45) is 4.99 Å². The van der Waals surface area contributed by atoms with E-state index >= 15 is 0 Å². The number of hydrogen-bond donors (Lipinski definition) is 0. The number of hydrogen-bond acceptors (Lipinski definition) is 4. The predicted molar refractivity (Wildman–Crippen MR) is 110 cm³/mol. The number of allylic oxidation sites excluding steroid dienone is 2. The average Bonchev–Trinajstić information content (AvgIpc) is 3.25. The quantitative estimate of drug-likeness (QED) is 0.514. The molecule has 5 rings (SSSR count). The Bertz CT molecular complexity index is 1270. The summed E-state index contributed by atoms with van der Waals surface area (Å²) in [5.74, 6) is 0. The van der Waals surface area contributed by atoms with Crippen molar-refractivity contribution in [3.63, 3.8) is 0 Å². The van der Waals surface area contributed by atoms with Crippen molar-refractivity contribution in [2.45, 2.75) is 6.18 Å². The molecule has 0 atom stereocenters. The van der Waals surface area contributed by atoms with Crippen LogP contribution in [-0.4, -0.2) is 11.2 Å². The monoisotopic (exact) mass is 417 g/mol. The number of fused-ring (bicyclic) bond motifs is 4. The van der Waals surface area contributed by atoms with E-state index in [0.29, 0.717) is 10.1 Å². The minimum atomic E-state index is -4.41. The van der Waals surface area contributed by atoms with Crippen molar-refractivity contribution in [1.29, 1.82) is 0 Å². The summed E-state index contributed by atoms with van der Waals surface area (Å²) < 4.78 is 42.3. The van der Waals surface area contributed by atoms with Crippen molar-refractivity contribution in [3.8, 4) is 0 Å². The second-order valence-corrected chi connectivity index (χ2v) is 8.90. The molecule has 7 heteroatoms. The molecule has 0 radical (unpaired) electrons. The van der Waals surface area contributed by atoms with Crippen LogP contribution in [0.5, 0.6) is 0 Å². The molecule has 27 heavy (non-hydrogen) atoms. The number of aliphatic imine (C=N–C) groups is 1. The molecular weight excluding hydrogens is 407 g/mol. The largest absolute Gasteiger partial charge is 0.416 e. The summed E-state index contributed by atoms with van der Waals surface area (Å²) in [6, 6.07) is 9.72. The minimum Gasteiger partial charge on any atom is -0.248 e. The van der Waals surface area contributed by atoms with Gasteiger partial charge in [-0.05, 0) is 29.7 Å². The molecule has 3 heterocycles. The van der Waals surface area contributed by atoms with Crippen LogP contribution in [-0.2, 0) is 0 Å². The highest BCUT2D eigenvalue weighted by Crippen LogP contribution is 2.38. The molecule has 2 aromatic heterocycles. The summed E-state index contributed by atoms with van der Waals surface area (Å²) in [6.07, 6.45) is -0.388. The first-order valence-corrected chi connectivity index (χ1v) is 10.6. The lowest BCUT2D eigenvalue weighted by Gasteiger charge is -2.15. The van der Waals surface area contributed by atoms with Gasteiger partial charge in [0.15, 0.2) is 0 Å². The van der Waals surface area contributed by atoms with Crippen LogP contribution in [0.1, 0.15) is 5.56 Å². The fourth-order valence-corrected chi connectivity index (χ4v) is 6.14. The first kappa shape index (κ1) is 17.0. The third-order valence-electron chi connectivity index (χ3n) is 4.32. The Balaban J connectivity index is 1.86. The van der Waals surface area contributed by atoms with Gasteiger partial charge in [-0.3, -0.25) is 0 Å². The lowest BCUT2D eigenvalue weighted by Crippen LogP contribution is -2.23.